The predicted octanol–water partition coefficient (Wildman–Crippen LogP) is 1.85. The topological polar surface area (TPSA) is 102 Å². The highest BCUT2D eigenvalue weighted by molar-refractivity contribution is 7.88. The minimum atomic E-state index is -3.42. The zero-order valence-corrected chi connectivity index (χ0v) is 15.3. The Bertz CT molecular complexity index is 928. The highest BCUT2D eigenvalue weighted by atomic mass is 35.5. The number of benzene rings is 1. The molecule has 3 rings (SSSR count). The molecule has 0 aliphatic heterocycles. The van der Waals surface area contributed by atoms with Crippen LogP contribution in [0.1, 0.15) is 5.56 Å². The van der Waals surface area contributed by atoms with Crippen molar-refractivity contribution in [1.82, 2.24) is 24.7 Å². The third kappa shape index (κ3) is 5.25. The molecule has 26 heavy (non-hydrogen) atoms. The molecule has 0 amide bonds. The lowest BCUT2D eigenvalue weighted by molar-refractivity contribution is 0.582. The van der Waals surface area contributed by atoms with Crippen LogP contribution >= 0.6 is 11.6 Å². The lowest BCUT2D eigenvalue weighted by Gasteiger charge is -2.08. The van der Waals surface area contributed by atoms with Gasteiger partial charge in [0.25, 0.3) is 0 Å². The normalized spacial score (nSPS) is 11.4. The van der Waals surface area contributed by atoms with E-state index in [1.54, 1.807) is 59.5 Å². The van der Waals surface area contributed by atoms with Crippen LogP contribution in [0.4, 0.5) is 5.82 Å². The van der Waals surface area contributed by atoms with Crippen LogP contribution < -0.4 is 10.0 Å². The van der Waals surface area contributed by atoms with E-state index in [4.69, 9.17) is 11.6 Å². The Hall–Kier alpha value is -2.49. The van der Waals surface area contributed by atoms with Crippen molar-refractivity contribution in [3.8, 4) is 5.82 Å². The Morgan fingerprint density at radius 2 is 1.85 bits per heavy atom. The van der Waals surface area contributed by atoms with Crippen molar-refractivity contribution in [2.45, 2.75) is 5.75 Å². The maximum atomic E-state index is 12.1. The second kappa shape index (κ2) is 8.26. The highest BCUT2D eigenvalue weighted by Gasteiger charge is 2.10. The molecule has 0 atom stereocenters. The van der Waals surface area contributed by atoms with E-state index in [2.05, 4.69) is 25.3 Å². The van der Waals surface area contributed by atoms with E-state index in [1.807, 2.05) is 0 Å². The summed E-state index contributed by atoms with van der Waals surface area (Å²) in [5, 5.41) is 15.7. The summed E-state index contributed by atoms with van der Waals surface area (Å²) in [5.74, 6) is 1.06. The number of nitrogens with zero attached hydrogens (tertiary/aromatic N) is 4. The number of hydrogen-bond acceptors (Lipinski definition) is 6. The van der Waals surface area contributed by atoms with E-state index in [0.29, 0.717) is 28.8 Å². The van der Waals surface area contributed by atoms with E-state index < -0.39 is 10.0 Å². The van der Waals surface area contributed by atoms with Crippen LogP contribution in [0.25, 0.3) is 5.82 Å². The second-order valence-electron chi connectivity index (χ2n) is 5.43. The molecule has 0 saturated heterocycles. The van der Waals surface area contributed by atoms with Gasteiger partial charge in [-0.25, -0.2) is 17.8 Å². The van der Waals surface area contributed by atoms with Crippen molar-refractivity contribution < 1.29 is 8.42 Å². The summed E-state index contributed by atoms with van der Waals surface area (Å²) < 4.78 is 28.3. The molecule has 0 aliphatic rings. The van der Waals surface area contributed by atoms with Gasteiger partial charge in [0.15, 0.2) is 5.82 Å². The smallest absolute Gasteiger partial charge is 0.215 e. The van der Waals surface area contributed by atoms with Crippen LogP contribution in [0.15, 0.2) is 54.9 Å². The standard InChI is InChI=1S/C16H17ClN6O2S/c17-14-4-2-13(3-5-14)12-26(24,25)20-10-9-18-15-6-7-16(22-21-15)23-11-1-8-19-23/h1-8,11,20H,9-10,12H2,(H,18,21). The number of sulfonamides is 1. The summed E-state index contributed by atoms with van der Waals surface area (Å²) in [4.78, 5) is 0. The summed E-state index contributed by atoms with van der Waals surface area (Å²) in [6, 6.07) is 12.0. The Morgan fingerprint density at radius 3 is 2.50 bits per heavy atom. The fraction of sp³-hybridized carbons (Fsp3) is 0.188. The summed E-state index contributed by atoms with van der Waals surface area (Å²) in [6.45, 7) is 0.619. The third-order valence-corrected chi connectivity index (χ3v) is 5.02. The number of hydrogen-bond donors (Lipinski definition) is 2. The fourth-order valence-electron chi connectivity index (χ4n) is 2.19. The van der Waals surface area contributed by atoms with Crippen LogP contribution in [-0.2, 0) is 15.8 Å². The van der Waals surface area contributed by atoms with Gasteiger partial charge < -0.3 is 5.32 Å². The largest absolute Gasteiger partial charge is 0.367 e. The zero-order valence-electron chi connectivity index (χ0n) is 13.7. The van der Waals surface area contributed by atoms with Gasteiger partial charge in [-0.05, 0) is 35.9 Å². The zero-order chi connectivity index (χ0) is 18.4. The van der Waals surface area contributed by atoms with E-state index in [0.717, 1.165) is 0 Å². The third-order valence-electron chi connectivity index (χ3n) is 3.41. The molecule has 0 radical (unpaired) electrons. The predicted molar refractivity (Wildman–Crippen MR) is 99.7 cm³/mol. The number of anilines is 1. The van der Waals surface area contributed by atoms with E-state index >= 15 is 0 Å². The van der Waals surface area contributed by atoms with Crippen molar-refractivity contribution in [3.63, 3.8) is 0 Å². The Kier molecular flexibility index (Phi) is 5.82. The van der Waals surface area contributed by atoms with E-state index in [-0.39, 0.29) is 12.3 Å². The quantitative estimate of drug-likeness (QED) is 0.567. The molecule has 1 aromatic carbocycles. The van der Waals surface area contributed by atoms with Crippen molar-refractivity contribution in [2.24, 2.45) is 0 Å². The molecule has 136 valence electrons. The van der Waals surface area contributed by atoms with Gasteiger partial charge in [0.05, 0.1) is 5.75 Å². The first-order valence-corrected chi connectivity index (χ1v) is 9.84. The Morgan fingerprint density at radius 1 is 1.04 bits per heavy atom. The summed E-state index contributed by atoms with van der Waals surface area (Å²) in [5.41, 5.74) is 0.676. The average molecular weight is 393 g/mol. The Labute approximate surface area is 156 Å². The van der Waals surface area contributed by atoms with Crippen LogP contribution in [0.3, 0.4) is 0 Å². The van der Waals surface area contributed by atoms with Gasteiger partial charge in [0.1, 0.15) is 5.82 Å². The van der Waals surface area contributed by atoms with Crippen LogP contribution in [-0.4, -0.2) is 41.5 Å². The van der Waals surface area contributed by atoms with Crippen molar-refractivity contribution in [2.75, 3.05) is 18.4 Å². The maximum Gasteiger partial charge on any atom is 0.215 e. The molecule has 0 bridgehead atoms. The number of halogens is 1. The first-order chi connectivity index (χ1) is 12.5. The SMILES string of the molecule is O=S(=O)(Cc1ccc(Cl)cc1)NCCNc1ccc(-n2cccn2)nn1. The average Bonchev–Trinajstić information content (AvgIpc) is 3.16. The van der Waals surface area contributed by atoms with Gasteiger partial charge >= 0.3 is 0 Å². The minimum Gasteiger partial charge on any atom is -0.367 e. The van der Waals surface area contributed by atoms with Gasteiger partial charge in [-0.3, -0.25) is 0 Å². The number of nitrogens with one attached hydrogen (secondary N) is 2. The molecule has 0 fully saturated rings. The molecule has 0 spiro atoms. The van der Waals surface area contributed by atoms with Gasteiger partial charge in [-0.15, -0.1) is 10.2 Å². The second-order valence-corrected chi connectivity index (χ2v) is 7.68. The summed E-state index contributed by atoms with van der Waals surface area (Å²) in [6.07, 6.45) is 3.43. The van der Waals surface area contributed by atoms with Gasteiger partial charge in [0, 0.05) is 30.5 Å². The molecular formula is C16H17ClN6O2S. The maximum absolute atomic E-state index is 12.1. The molecule has 0 unspecified atom stereocenters. The van der Waals surface area contributed by atoms with Gasteiger partial charge in [-0.1, -0.05) is 23.7 Å². The van der Waals surface area contributed by atoms with Crippen LogP contribution in [0, 0.1) is 0 Å². The molecular weight excluding hydrogens is 376 g/mol. The van der Waals surface area contributed by atoms with Gasteiger partial charge in [-0.2, -0.15) is 5.10 Å². The van der Waals surface area contributed by atoms with Crippen LogP contribution in [0.5, 0.6) is 0 Å². The molecule has 2 aromatic heterocycles. The van der Waals surface area contributed by atoms with Crippen molar-refractivity contribution in [3.05, 3.63) is 65.4 Å². The fourth-order valence-corrected chi connectivity index (χ4v) is 3.47. The molecule has 2 N–H and O–H groups in total. The van der Waals surface area contributed by atoms with Crippen molar-refractivity contribution >= 4 is 27.4 Å². The first-order valence-electron chi connectivity index (χ1n) is 7.81. The molecule has 2 heterocycles. The monoisotopic (exact) mass is 392 g/mol. The first kappa shape index (κ1) is 18.3. The number of rotatable bonds is 8. The van der Waals surface area contributed by atoms with E-state index in [1.165, 1.54) is 0 Å². The molecule has 3 aromatic rings. The molecule has 0 aliphatic carbocycles. The highest BCUT2D eigenvalue weighted by Crippen LogP contribution is 2.11. The summed E-state index contributed by atoms with van der Waals surface area (Å²) in [7, 11) is -3.42. The molecule has 8 nitrogen and oxygen atoms in total. The Balaban J connectivity index is 1.45. The van der Waals surface area contributed by atoms with E-state index in [9.17, 15) is 8.42 Å². The summed E-state index contributed by atoms with van der Waals surface area (Å²) >= 11 is 5.79. The minimum absolute atomic E-state index is 0.0947. The lowest BCUT2D eigenvalue weighted by Crippen LogP contribution is -2.30. The molecule has 10 heteroatoms. The van der Waals surface area contributed by atoms with Gasteiger partial charge in [0.2, 0.25) is 10.0 Å². The molecule has 0 saturated carbocycles. The number of aromatic nitrogens is 4. The lowest BCUT2D eigenvalue weighted by atomic mass is 10.2. The van der Waals surface area contributed by atoms with Crippen molar-refractivity contribution in [1.29, 1.82) is 0 Å². The van der Waals surface area contributed by atoms with Crippen LogP contribution in [0.2, 0.25) is 5.02 Å².